The van der Waals surface area contributed by atoms with Gasteiger partial charge < -0.3 is 14.4 Å². The zero-order valence-electron chi connectivity index (χ0n) is 10.6. The third-order valence-electron chi connectivity index (χ3n) is 3.41. The van der Waals surface area contributed by atoms with Gasteiger partial charge in [0.25, 0.3) is 5.91 Å². The number of carbonyl (C=O) groups excluding carboxylic acids is 2. The number of fused-ring (bicyclic) bond motifs is 2. The first kappa shape index (κ1) is 13.7. The first-order valence-electron chi connectivity index (χ1n) is 6.21. The van der Waals surface area contributed by atoms with Gasteiger partial charge in [-0.25, -0.2) is 4.79 Å². The van der Waals surface area contributed by atoms with Gasteiger partial charge in [-0.15, -0.1) is 13.2 Å². The zero-order chi connectivity index (χ0) is 15.2. The molecule has 2 bridgehead atoms. The molecule has 2 saturated heterocycles. The minimum atomic E-state index is -4.77. The third-order valence-corrected chi connectivity index (χ3v) is 3.41. The van der Waals surface area contributed by atoms with Gasteiger partial charge in [0.15, 0.2) is 0 Å². The number of halogens is 3. The molecule has 0 radical (unpaired) electrons. The number of esters is 1. The smallest absolute Gasteiger partial charge is 0.459 e. The first-order valence-corrected chi connectivity index (χ1v) is 6.21. The molecule has 1 amide bonds. The van der Waals surface area contributed by atoms with Gasteiger partial charge in [-0.05, 0) is 24.3 Å². The molecule has 0 aliphatic carbocycles. The van der Waals surface area contributed by atoms with Crippen molar-refractivity contribution in [1.82, 2.24) is 4.90 Å². The maximum Gasteiger partial charge on any atom is 0.573 e. The second kappa shape index (κ2) is 4.64. The molecule has 2 aliphatic rings. The lowest BCUT2D eigenvalue weighted by atomic mass is 10.1. The number of benzene rings is 1. The monoisotopic (exact) mass is 301 g/mol. The number of likely N-dealkylation sites (tertiary alicyclic amines) is 1. The molecule has 0 N–H and O–H groups in total. The second-order valence-corrected chi connectivity index (χ2v) is 4.84. The van der Waals surface area contributed by atoms with Crippen LogP contribution in [0, 0.1) is 0 Å². The van der Waals surface area contributed by atoms with Gasteiger partial charge in [0, 0.05) is 12.0 Å². The van der Waals surface area contributed by atoms with Crippen molar-refractivity contribution < 1.29 is 32.2 Å². The maximum absolute atomic E-state index is 12.2. The fourth-order valence-corrected chi connectivity index (χ4v) is 2.54. The molecule has 2 atom stereocenters. The third kappa shape index (κ3) is 2.65. The summed E-state index contributed by atoms with van der Waals surface area (Å²) < 4.78 is 44.8. The van der Waals surface area contributed by atoms with Crippen LogP contribution in [0.5, 0.6) is 5.75 Å². The van der Waals surface area contributed by atoms with Gasteiger partial charge in [0.2, 0.25) is 0 Å². The number of alkyl halides is 3. The van der Waals surface area contributed by atoms with Crippen molar-refractivity contribution in [3.63, 3.8) is 0 Å². The predicted octanol–water partition coefficient (Wildman–Crippen LogP) is 1.73. The molecule has 3 rings (SSSR count). The van der Waals surface area contributed by atoms with Crippen molar-refractivity contribution >= 4 is 11.9 Å². The van der Waals surface area contributed by atoms with Crippen molar-refractivity contribution in [2.24, 2.45) is 0 Å². The molecular formula is C13H10F3NO4. The number of morpholine rings is 1. The number of ether oxygens (including phenoxy) is 2. The first-order chi connectivity index (χ1) is 9.83. The van der Waals surface area contributed by atoms with E-state index in [4.69, 9.17) is 4.74 Å². The highest BCUT2D eigenvalue weighted by atomic mass is 19.4. The normalized spacial score (nSPS) is 24.1. The molecule has 1 aromatic carbocycles. The predicted molar refractivity (Wildman–Crippen MR) is 62.4 cm³/mol. The molecule has 5 nitrogen and oxygen atoms in total. The molecule has 2 fully saturated rings. The average molecular weight is 301 g/mol. The van der Waals surface area contributed by atoms with Crippen LogP contribution in [0.25, 0.3) is 0 Å². The molecule has 21 heavy (non-hydrogen) atoms. The molecule has 8 heteroatoms. The summed E-state index contributed by atoms with van der Waals surface area (Å²) in [6.07, 6.45) is -4.58. The van der Waals surface area contributed by atoms with Crippen LogP contribution in [0.1, 0.15) is 16.8 Å². The van der Waals surface area contributed by atoms with E-state index in [1.165, 1.54) is 17.0 Å². The molecule has 0 spiro atoms. The number of nitrogens with zero attached hydrogens (tertiary/aromatic N) is 1. The van der Waals surface area contributed by atoms with Gasteiger partial charge in [-0.3, -0.25) is 4.79 Å². The number of hydrogen-bond donors (Lipinski definition) is 0. The SMILES string of the molecule is O=C1O[C@@H]2C[C@H]1N(C(=O)c1ccc(OC(F)(F)F)cc1)C2. The van der Waals surface area contributed by atoms with E-state index in [1.54, 1.807) is 0 Å². The van der Waals surface area contributed by atoms with E-state index in [9.17, 15) is 22.8 Å². The molecule has 0 saturated carbocycles. The number of amides is 1. The van der Waals surface area contributed by atoms with Crippen LogP contribution < -0.4 is 4.74 Å². The van der Waals surface area contributed by atoms with E-state index in [-0.39, 0.29) is 11.7 Å². The van der Waals surface area contributed by atoms with Gasteiger partial charge in [-0.2, -0.15) is 0 Å². The Morgan fingerprint density at radius 1 is 1.29 bits per heavy atom. The average Bonchev–Trinajstić information content (AvgIpc) is 2.96. The maximum atomic E-state index is 12.2. The van der Waals surface area contributed by atoms with Crippen LogP contribution in [0.4, 0.5) is 13.2 Å². The van der Waals surface area contributed by atoms with Crippen molar-refractivity contribution in [1.29, 1.82) is 0 Å². The number of rotatable bonds is 2. The van der Waals surface area contributed by atoms with Gasteiger partial charge >= 0.3 is 12.3 Å². The summed E-state index contributed by atoms with van der Waals surface area (Å²) >= 11 is 0. The zero-order valence-corrected chi connectivity index (χ0v) is 10.6. The Balaban J connectivity index is 1.72. The quantitative estimate of drug-likeness (QED) is 0.781. The Morgan fingerprint density at radius 3 is 2.48 bits per heavy atom. The summed E-state index contributed by atoms with van der Waals surface area (Å²) in [4.78, 5) is 25.1. The number of carbonyl (C=O) groups is 2. The van der Waals surface area contributed by atoms with Crippen molar-refractivity contribution in [2.45, 2.75) is 24.9 Å². The Bertz CT molecular complexity index is 584. The van der Waals surface area contributed by atoms with Crippen LogP contribution in [-0.2, 0) is 9.53 Å². The lowest BCUT2D eigenvalue weighted by molar-refractivity contribution is -0.274. The highest BCUT2D eigenvalue weighted by molar-refractivity contribution is 5.98. The Kier molecular flexibility index (Phi) is 3.03. The minimum absolute atomic E-state index is 0.199. The summed E-state index contributed by atoms with van der Waals surface area (Å²) in [5, 5.41) is 0. The highest BCUT2D eigenvalue weighted by Gasteiger charge is 2.48. The van der Waals surface area contributed by atoms with Gasteiger partial charge in [-0.1, -0.05) is 0 Å². The number of hydrogen-bond acceptors (Lipinski definition) is 4. The van der Waals surface area contributed by atoms with Crippen molar-refractivity contribution in [3.05, 3.63) is 29.8 Å². The van der Waals surface area contributed by atoms with Crippen LogP contribution in [0.2, 0.25) is 0 Å². The minimum Gasteiger partial charge on any atom is -0.459 e. The van der Waals surface area contributed by atoms with Crippen LogP contribution in [0.3, 0.4) is 0 Å². The Hall–Kier alpha value is -2.25. The topological polar surface area (TPSA) is 55.8 Å². The molecule has 2 aliphatic heterocycles. The summed E-state index contributed by atoms with van der Waals surface area (Å²) in [7, 11) is 0. The molecule has 1 aromatic rings. The lowest BCUT2D eigenvalue weighted by Gasteiger charge is -2.25. The van der Waals surface area contributed by atoms with E-state index < -0.39 is 30.0 Å². The van der Waals surface area contributed by atoms with Crippen molar-refractivity contribution in [3.8, 4) is 5.75 Å². The summed E-state index contributed by atoms with van der Waals surface area (Å²) in [5.41, 5.74) is 0.199. The standard InChI is InChI=1S/C13H10F3NO4/c14-13(15,16)21-8-3-1-7(2-4-8)11(18)17-6-9-5-10(17)12(19)20-9/h1-4,9-10H,5-6H2/t9-,10-/m1/s1. The molecule has 2 heterocycles. The molecular weight excluding hydrogens is 291 g/mol. The fourth-order valence-electron chi connectivity index (χ4n) is 2.54. The van der Waals surface area contributed by atoms with E-state index in [0.717, 1.165) is 12.1 Å². The molecule has 0 aromatic heterocycles. The van der Waals surface area contributed by atoms with Crippen LogP contribution >= 0.6 is 0 Å². The largest absolute Gasteiger partial charge is 0.573 e. The van der Waals surface area contributed by atoms with E-state index in [0.29, 0.717) is 13.0 Å². The summed E-state index contributed by atoms with van der Waals surface area (Å²) in [6.45, 7) is 0.316. The van der Waals surface area contributed by atoms with Gasteiger partial charge in [0.05, 0.1) is 6.54 Å². The van der Waals surface area contributed by atoms with Crippen molar-refractivity contribution in [2.75, 3.05) is 6.54 Å². The Labute approximate surface area is 117 Å². The lowest BCUT2D eigenvalue weighted by Crippen LogP contribution is -2.44. The summed E-state index contributed by atoms with van der Waals surface area (Å²) in [6, 6.07) is 4.01. The fraction of sp³-hybridized carbons (Fsp3) is 0.385. The second-order valence-electron chi connectivity index (χ2n) is 4.84. The van der Waals surface area contributed by atoms with Gasteiger partial charge in [0.1, 0.15) is 17.9 Å². The van der Waals surface area contributed by atoms with E-state index >= 15 is 0 Å². The van der Waals surface area contributed by atoms with Crippen LogP contribution in [0.15, 0.2) is 24.3 Å². The van der Waals surface area contributed by atoms with Crippen LogP contribution in [-0.4, -0.2) is 41.8 Å². The Morgan fingerprint density at radius 2 is 1.95 bits per heavy atom. The molecule has 0 unspecified atom stereocenters. The van der Waals surface area contributed by atoms with E-state index in [1.807, 2.05) is 0 Å². The highest BCUT2D eigenvalue weighted by Crippen LogP contribution is 2.30. The summed E-state index contributed by atoms with van der Waals surface area (Å²) in [5.74, 6) is -1.24. The molecule has 112 valence electrons. The van der Waals surface area contributed by atoms with E-state index in [2.05, 4.69) is 4.74 Å².